The molecule has 1 unspecified atom stereocenters. The lowest BCUT2D eigenvalue weighted by atomic mass is 9.85. The maximum absolute atomic E-state index is 12.7. The maximum atomic E-state index is 12.7. The molecule has 2 aliphatic rings. The smallest absolute Gasteiger partial charge is 0.250 e. The fourth-order valence-electron chi connectivity index (χ4n) is 2.88. The molecule has 118 valence electrons. The molecule has 2 amide bonds. The van der Waals surface area contributed by atoms with E-state index in [0.717, 1.165) is 29.8 Å². The summed E-state index contributed by atoms with van der Waals surface area (Å²) < 4.78 is 0. The number of likely N-dealkylation sites (tertiary alicyclic amines) is 1. The molecule has 4 nitrogen and oxygen atoms in total. The fraction of sp³-hybridized carbons (Fsp3) is 0.529. The summed E-state index contributed by atoms with van der Waals surface area (Å²) in [5, 5.41) is 3.00. The number of carbonyl (C=O) groups excluding carboxylic acids is 2. The third-order valence-electron chi connectivity index (χ3n) is 4.72. The molecule has 1 aliphatic heterocycles. The van der Waals surface area contributed by atoms with Gasteiger partial charge in [-0.15, -0.1) is 11.8 Å². The second-order valence-electron chi connectivity index (χ2n) is 6.37. The third kappa shape index (κ3) is 2.86. The Morgan fingerprint density at radius 1 is 1.36 bits per heavy atom. The van der Waals surface area contributed by atoms with E-state index in [-0.39, 0.29) is 11.8 Å². The van der Waals surface area contributed by atoms with E-state index in [1.165, 1.54) is 0 Å². The van der Waals surface area contributed by atoms with E-state index in [1.54, 1.807) is 16.7 Å². The minimum atomic E-state index is -0.697. The van der Waals surface area contributed by atoms with Crippen molar-refractivity contribution < 1.29 is 9.59 Å². The summed E-state index contributed by atoms with van der Waals surface area (Å²) in [6.45, 7) is 2.57. The van der Waals surface area contributed by atoms with Crippen molar-refractivity contribution in [3.63, 3.8) is 0 Å². The van der Waals surface area contributed by atoms with Crippen LogP contribution in [0.15, 0.2) is 29.2 Å². The first-order valence-electron chi connectivity index (χ1n) is 7.79. The van der Waals surface area contributed by atoms with Crippen molar-refractivity contribution in [3.8, 4) is 0 Å². The van der Waals surface area contributed by atoms with Gasteiger partial charge in [0.1, 0.15) is 5.54 Å². The van der Waals surface area contributed by atoms with E-state index in [1.807, 2.05) is 37.4 Å². The van der Waals surface area contributed by atoms with Gasteiger partial charge in [0, 0.05) is 17.9 Å². The largest absolute Gasteiger partial charge is 0.328 e. The molecule has 0 bridgehead atoms. The lowest BCUT2D eigenvalue weighted by Crippen LogP contribution is -2.66. The van der Waals surface area contributed by atoms with Gasteiger partial charge in [0.15, 0.2) is 0 Å². The molecule has 1 N–H and O–H groups in total. The van der Waals surface area contributed by atoms with Crippen LogP contribution in [-0.4, -0.2) is 35.1 Å². The van der Waals surface area contributed by atoms with Crippen LogP contribution in [0.1, 0.15) is 32.6 Å². The van der Waals surface area contributed by atoms with Gasteiger partial charge in [0.05, 0.1) is 5.69 Å². The highest BCUT2D eigenvalue weighted by atomic mass is 32.2. The Morgan fingerprint density at radius 3 is 2.68 bits per heavy atom. The van der Waals surface area contributed by atoms with Crippen molar-refractivity contribution >= 4 is 29.3 Å². The number of thioether (sulfide) groups is 1. The number of hydrogen-bond acceptors (Lipinski definition) is 3. The van der Waals surface area contributed by atoms with Crippen LogP contribution in [0, 0.1) is 5.92 Å². The topological polar surface area (TPSA) is 49.4 Å². The lowest BCUT2D eigenvalue weighted by molar-refractivity contribution is -0.155. The highest BCUT2D eigenvalue weighted by Gasteiger charge is 2.49. The van der Waals surface area contributed by atoms with Crippen LogP contribution in [0.5, 0.6) is 0 Å². The van der Waals surface area contributed by atoms with Crippen LogP contribution in [-0.2, 0) is 9.59 Å². The van der Waals surface area contributed by atoms with Gasteiger partial charge in [0.25, 0.3) is 0 Å². The number of rotatable bonds is 5. The molecule has 5 heteroatoms. The molecule has 1 atom stereocenters. The quantitative estimate of drug-likeness (QED) is 0.849. The van der Waals surface area contributed by atoms with Gasteiger partial charge in [-0.2, -0.15) is 0 Å². The molecule has 1 saturated heterocycles. The Hall–Kier alpha value is -1.49. The van der Waals surface area contributed by atoms with Gasteiger partial charge < -0.3 is 10.2 Å². The van der Waals surface area contributed by atoms with Crippen molar-refractivity contribution in [2.45, 2.75) is 43.0 Å². The van der Waals surface area contributed by atoms with Crippen molar-refractivity contribution in [1.29, 1.82) is 0 Å². The molecule has 0 spiro atoms. The number of anilines is 1. The van der Waals surface area contributed by atoms with Crippen molar-refractivity contribution in [2.75, 3.05) is 18.1 Å². The zero-order chi connectivity index (χ0) is 15.7. The zero-order valence-corrected chi connectivity index (χ0v) is 13.9. The summed E-state index contributed by atoms with van der Waals surface area (Å²) in [7, 11) is 0. The predicted octanol–water partition coefficient (Wildman–Crippen LogP) is 3.14. The Labute approximate surface area is 135 Å². The molecule has 22 heavy (non-hydrogen) atoms. The molecular weight excluding hydrogens is 296 g/mol. The molecule has 1 heterocycles. The lowest BCUT2D eigenvalue weighted by Gasteiger charge is -2.49. The normalized spacial score (nSPS) is 23.8. The molecule has 1 aromatic carbocycles. The van der Waals surface area contributed by atoms with E-state index < -0.39 is 5.54 Å². The van der Waals surface area contributed by atoms with E-state index in [4.69, 9.17) is 0 Å². The first-order valence-corrected chi connectivity index (χ1v) is 9.02. The van der Waals surface area contributed by atoms with E-state index in [0.29, 0.717) is 18.9 Å². The number of carbonyl (C=O) groups is 2. The monoisotopic (exact) mass is 318 g/mol. The van der Waals surface area contributed by atoms with Crippen molar-refractivity contribution in [1.82, 2.24) is 4.90 Å². The predicted molar refractivity (Wildman–Crippen MR) is 88.9 cm³/mol. The molecular formula is C17H22N2O2S. The summed E-state index contributed by atoms with van der Waals surface area (Å²) in [5.74, 6) is 0.603. The first-order chi connectivity index (χ1) is 10.5. The fourth-order valence-corrected chi connectivity index (χ4v) is 3.43. The van der Waals surface area contributed by atoms with Gasteiger partial charge in [0.2, 0.25) is 11.8 Å². The number of para-hydroxylation sites is 1. The minimum Gasteiger partial charge on any atom is -0.328 e. The number of nitrogens with one attached hydrogen (secondary N) is 1. The highest BCUT2D eigenvalue weighted by molar-refractivity contribution is 7.98. The van der Waals surface area contributed by atoms with Gasteiger partial charge in [-0.3, -0.25) is 9.59 Å². The number of amides is 2. The molecule has 2 fully saturated rings. The van der Waals surface area contributed by atoms with E-state index >= 15 is 0 Å². The van der Waals surface area contributed by atoms with Crippen LogP contribution in [0.25, 0.3) is 0 Å². The Balaban J connectivity index is 1.69. The van der Waals surface area contributed by atoms with Crippen molar-refractivity contribution in [3.05, 3.63) is 24.3 Å². The van der Waals surface area contributed by atoms with Crippen LogP contribution in [0.3, 0.4) is 0 Å². The van der Waals surface area contributed by atoms with Crippen LogP contribution >= 0.6 is 11.8 Å². The van der Waals surface area contributed by atoms with Gasteiger partial charge in [-0.05, 0) is 50.5 Å². The summed E-state index contributed by atoms with van der Waals surface area (Å²) >= 11 is 1.60. The molecule has 3 rings (SSSR count). The number of nitrogens with zero attached hydrogens (tertiary/aromatic N) is 1. The second-order valence-corrected chi connectivity index (χ2v) is 7.22. The highest BCUT2D eigenvalue weighted by Crippen LogP contribution is 2.38. The molecule has 0 radical (unpaired) electrons. The summed E-state index contributed by atoms with van der Waals surface area (Å²) in [6, 6.07) is 7.76. The van der Waals surface area contributed by atoms with Crippen LogP contribution in [0.2, 0.25) is 0 Å². The Kier molecular flexibility index (Phi) is 4.17. The van der Waals surface area contributed by atoms with E-state index in [9.17, 15) is 9.59 Å². The van der Waals surface area contributed by atoms with Crippen LogP contribution < -0.4 is 5.32 Å². The average molecular weight is 318 g/mol. The molecule has 1 aromatic rings. The summed E-state index contributed by atoms with van der Waals surface area (Å²) in [6.07, 6.45) is 5.63. The SMILES string of the molecule is CSc1ccccc1NC(=O)C1(C)CCN1C(=O)CC1CC1. The van der Waals surface area contributed by atoms with Crippen LogP contribution in [0.4, 0.5) is 5.69 Å². The van der Waals surface area contributed by atoms with Crippen molar-refractivity contribution in [2.24, 2.45) is 5.92 Å². The Morgan fingerprint density at radius 2 is 2.09 bits per heavy atom. The molecule has 1 aliphatic carbocycles. The molecule has 0 aromatic heterocycles. The first kappa shape index (κ1) is 15.4. The van der Waals surface area contributed by atoms with Gasteiger partial charge >= 0.3 is 0 Å². The summed E-state index contributed by atoms with van der Waals surface area (Å²) in [5.41, 5.74) is 0.125. The zero-order valence-electron chi connectivity index (χ0n) is 13.1. The number of benzene rings is 1. The number of hydrogen-bond donors (Lipinski definition) is 1. The average Bonchev–Trinajstić information content (AvgIpc) is 3.29. The van der Waals surface area contributed by atoms with Gasteiger partial charge in [-0.1, -0.05) is 12.1 Å². The van der Waals surface area contributed by atoms with E-state index in [2.05, 4.69) is 5.32 Å². The Bertz CT molecular complexity index is 600. The third-order valence-corrected chi connectivity index (χ3v) is 5.52. The minimum absolute atomic E-state index is 0.0793. The maximum Gasteiger partial charge on any atom is 0.250 e. The van der Waals surface area contributed by atoms with Gasteiger partial charge in [-0.25, -0.2) is 0 Å². The standard InChI is InChI=1S/C17H22N2O2S/c1-17(9-10-19(17)15(20)11-12-7-8-12)16(21)18-13-5-3-4-6-14(13)22-2/h3-6,12H,7-11H2,1-2H3,(H,18,21). The summed E-state index contributed by atoms with van der Waals surface area (Å²) in [4.78, 5) is 27.8. The molecule has 1 saturated carbocycles. The second kappa shape index (κ2) is 5.95.